The van der Waals surface area contributed by atoms with E-state index in [9.17, 15) is 22.4 Å². The molecule has 1 aromatic rings. The van der Waals surface area contributed by atoms with Gasteiger partial charge in [-0.15, -0.1) is 0 Å². The van der Waals surface area contributed by atoms with Crippen molar-refractivity contribution in [1.82, 2.24) is 0 Å². The van der Waals surface area contributed by atoms with Crippen molar-refractivity contribution in [1.29, 1.82) is 0 Å². The summed E-state index contributed by atoms with van der Waals surface area (Å²) < 4.78 is 54.3. The van der Waals surface area contributed by atoms with E-state index < -0.39 is 34.8 Å². The van der Waals surface area contributed by atoms with Gasteiger partial charge in [0, 0.05) is 0 Å². The van der Waals surface area contributed by atoms with Crippen molar-refractivity contribution in [2.45, 2.75) is 6.18 Å². The van der Waals surface area contributed by atoms with E-state index in [0.29, 0.717) is 6.07 Å². The molecule has 2 N–H and O–H groups in total. The molecule has 0 aliphatic heterocycles. The first kappa shape index (κ1) is 12.3. The zero-order valence-electron chi connectivity index (χ0n) is 8.06. The summed E-state index contributed by atoms with van der Waals surface area (Å²) in [4.78, 5) is 11.0. The lowest BCUT2D eigenvalue weighted by atomic mass is 10.1. The lowest BCUT2D eigenvalue weighted by Gasteiger charge is -2.13. The Kier molecular flexibility index (Phi) is 3.06. The fourth-order valence-electron chi connectivity index (χ4n) is 1.17. The third-order valence-electron chi connectivity index (χ3n) is 1.88. The van der Waals surface area contributed by atoms with E-state index in [2.05, 4.69) is 4.74 Å². The smallest absolute Gasteiger partial charge is 0.421 e. The normalized spacial score (nSPS) is 11.3. The lowest BCUT2D eigenvalue weighted by molar-refractivity contribution is -0.139. The molecule has 0 spiro atoms. The van der Waals surface area contributed by atoms with Gasteiger partial charge in [-0.2, -0.15) is 13.2 Å². The summed E-state index contributed by atoms with van der Waals surface area (Å²) >= 11 is 0. The summed E-state index contributed by atoms with van der Waals surface area (Å²) in [6.07, 6.45) is -4.96. The number of nitrogen functional groups attached to an aromatic ring is 1. The van der Waals surface area contributed by atoms with Gasteiger partial charge in [0.15, 0.2) is 0 Å². The minimum atomic E-state index is -4.96. The highest BCUT2D eigenvalue weighted by Gasteiger charge is 2.38. The maximum absolute atomic E-state index is 12.9. The van der Waals surface area contributed by atoms with Crippen molar-refractivity contribution < 1.29 is 27.1 Å². The molecule has 0 saturated heterocycles. The van der Waals surface area contributed by atoms with Gasteiger partial charge >= 0.3 is 12.1 Å². The first-order valence-electron chi connectivity index (χ1n) is 4.02. The number of nitrogens with two attached hydrogens (primary N) is 1. The number of halogens is 4. The van der Waals surface area contributed by atoms with Gasteiger partial charge in [-0.25, -0.2) is 9.18 Å². The van der Waals surface area contributed by atoms with Crippen LogP contribution in [-0.2, 0) is 10.9 Å². The number of methoxy groups -OCH3 is 1. The maximum Gasteiger partial charge on any atom is 0.421 e. The molecule has 1 aromatic carbocycles. The van der Waals surface area contributed by atoms with Crippen LogP contribution in [0.5, 0.6) is 0 Å². The summed E-state index contributed by atoms with van der Waals surface area (Å²) in [5.41, 5.74) is 1.94. The largest absolute Gasteiger partial charge is 0.465 e. The fourth-order valence-corrected chi connectivity index (χ4v) is 1.17. The quantitative estimate of drug-likeness (QED) is 0.463. The molecular formula is C9H7F4NO2. The Labute approximate surface area is 87.8 Å². The molecule has 0 heterocycles. The van der Waals surface area contributed by atoms with E-state index in [1.54, 1.807) is 0 Å². The summed E-state index contributed by atoms with van der Waals surface area (Å²) in [7, 11) is 0.985. The van der Waals surface area contributed by atoms with Crippen LogP contribution < -0.4 is 5.73 Å². The number of alkyl halides is 3. The molecular weight excluding hydrogens is 230 g/mol. The zero-order valence-corrected chi connectivity index (χ0v) is 8.06. The van der Waals surface area contributed by atoms with Crippen molar-refractivity contribution in [3.63, 3.8) is 0 Å². The second-order valence-electron chi connectivity index (χ2n) is 2.87. The van der Waals surface area contributed by atoms with Crippen LogP contribution in [0.1, 0.15) is 15.9 Å². The van der Waals surface area contributed by atoms with E-state index in [1.807, 2.05) is 0 Å². The summed E-state index contributed by atoms with van der Waals surface area (Å²) in [5, 5.41) is 0. The number of hydrogen-bond donors (Lipinski definition) is 1. The molecule has 7 heteroatoms. The average molecular weight is 237 g/mol. The molecule has 0 aliphatic carbocycles. The van der Waals surface area contributed by atoms with Crippen LogP contribution in [0.15, 0.2) is 12.1 Å². The van der Waals surface area contributed by atoms with Crippen LogP contribution >= 0.6 is 0 Å². The number of benzene rings is 1. The first-order chi connectivity index (χ1) is 7.29. The van der Waals surface area contributed by atoms with Gasteiger partial charge in [-0.05, 0) is 12.1 Å². The number of hydrogen-bond acceptors (Lipinski definition) is 3. The van der Waals surface area contributed by atoms with E-state index >= 15 is 0 Å². The molecule has 0 bridgehead atoms. The highest BCUT2D eigenvalue weighted by atomic mass is 19.4. The molecule has 88 valence electrons. The molecule has 0 radical (unpaired) electrons. The predicted molar refractivity (Wildman–Crippen MR) is 47.2 cm³/mol. The second kappa shape index (κ2) is 3.99. The Balaban J connectivity index is 3.45. The summed E-state index contributed by atoms with van der Waals surface area (Å²) in [5.74, 6) is -2.58. The molecule has 0 saturated carbocycles. The number of anilines is 1. The Bertz CT molecular complexity index is 428. The number of esters is 1. The minimum Gasteiger partial charge on any atom is -0.465 e. The average Bonchev–Trinajstić information content (AvgIpc) is 2.14. The highest BCUT2D eigenvalue weighted by Crippen LogP contribution is 2.37. The van der Waals surface area contributed by atoms with Crippen LogP contribution in [0.4, 0.5) is 23.2 Å². The van der Waals surface area contributed by atoms with Crippen molar-refractivity contribution in [2.75, 3.05) is 12.8 Å². The molecule has 0 aliphatic rings. The molecule has 0 atom stereocenters. The Hall–Kier alpha value is -1.79. The van der Waals surface area contributed by atoms with Crippen molar-refractivity contribution >= 4 is 11.7 Å². The summed E-state index contributed by atoms with van der Waals surface area (Å²) in [6, 6.07) is 1.36. The molecule has 16 heavy (non-hydrogen) atoms. The Morgan fingerprint density at radius 3 is 2.38 bits per heavy atom. The predicted octanol–water partition coefficient (Wildman–Crippen LogP) is 2.21. The number of ether oxygens (including phenoxy) is 1. The molecule has 0 amide bonds. The van der Waals surface area contributed by atoms with Gasteiger partial charge in [0.2, 0.25) is 0 Å². The lowest BCUT2D eigenvalue weighted by Crippen LogP contribution is -2.16. The highest BCUT2D eigenvalue weighted by molar-refractivity contribution is 5.95. The Morgan fingerprint density at radius 2 is 1.94 bits per heavy atom. The van der Waals surface area contributed by atoms with Crippen LogP contribution in [-0.4, -0.2) is 13.1 Å². The SMILES string of the molecule is COC(=O)c1ccc(F)c(C(F)(F)F)c1N. The van der Waals surface area contributed by atoms with Gasteiger partial charge in [0.1, 0.15) is 11.4 Å². The standard InChI is InChI=1S/C9H7F4NO2/c1-16-8(15)4-2-3-5(10)6(7(4)14)9(11,12)13/h2-3H,14H2,1H3. The van der Waals surface area contributed by atoms with Crippen LogP contribution in [0.25, 0.3) is 0 Å². The zero-order chi connectivity index (χ0) is 12.5. The van der Waals surface area contributed by atoms with E-state index in [4.69, 9.17) is 5.73 Å². The van der Waals surface area contributed by atoms with E-state index in [0.717, 1.165) is 13.2 Å². The minimum absolute atomic E-state index is 0.517. The Morgan fingerprint density at radius 1 is 1.38 bits per heavy atom. The third kappa shape index (κ3) is 2.07. The molecule has 1 rings (SSSR count). The van der Waals surface area contributed by atoms with Crippen molar-refractivity contribution in [2.24, 2.45) is 0 Å². The number of carbonyl (C=O) groups excluding carboxylic acids is 1. The molecule has 0 aromatic heterocycles. The van der Waals surface area contributed by atoms with Crippen LogP contribution in [0.3, 0.4) is 0 Å². The van der Waals surface area contributed by atoms with Gasteiger partial charge in [0.05, 0.1) is 18.4 Å². The van der Waals surface area contributed by atoms with Crippen LogP contribution in [0, 0.1) is 5.82 Å². The van der Waals surface area contributed by atoms with Gasteiger partial charge < -0.3 is 10.5 Å². The van der Waals surface area contributed by atoms with Crippen LogP contribution in [0.2, 0.25) is 0 Å². The molecule has 3 nitrogen and oxygen atoms in total. The maximum atomic E-state index is 12.9. The fraction of sp³-hybridized carbons (Fsp3) is 0.222. The van der Waals surface area contributed by atoms with Crippen molar-refractivity contribution in [3.05, 3.63) is 29.1 Å². The van der Waals surface area contributed by atoms with Crippen molar-refractivity contribution in [3.8, 4) is 0 Å². The van der Waals surface area contributed by atoms with Gasteiger partial charge in [-0.3, -0.25) is 0 Å². The second-order valence-corrected chi connectivity index (χ2v) is 2.87. The molecule has 0 fully saturated rings. The number of carbonyl (C=O) groups is 1. The van der Waals surface area contributed by atoms with Gasteiger partial charge in [-0.1, -0.05) is 0 Å². The van der Waals surface area contributed by atoms with Gasteiger partial charge in [0.25, 0.3) is 0 Å². The topological polar surface area (TPSA) is 52.3 Å². The number of rotatable bonds is 1. The van der Waals surface area contributed by atoms with E-state index in [-0.39, 0.29) is 0 Å². The summed E-state index contributed by atoms with van der Waals surface area (Å²) in [6.45, 7) is 0. The molecule has 0 unspecified atom stereocenters. The first-order valence-corrected chi connectivity index (χ1v) is 4.02. The third-order valence-corrected chi connectivity index (χ3v) is 1.88. The van der Waals surface area contributed by atoms with E-state index in [1.165, 1.54) is 0 Å². The monoisotopic (exact) mass is 237 g/mol.